The van der Waals surface area contributed by atoms with E-state index in [-0.39, 0.29) is 12.5 Å². The van der Waals surface area contributed by atoms with E-state index in [4.69, 9.17) is 21.1 Å². The van der Waals surface area contributed by atoms with Crippen LogP contribution in [-0.2, 0) is 9.53 Å². The molecule has 0 unspecified atom stereocenters. The minimum atomic E-state index is -0.471. The molecule has 0 heterocycles. The van der Waals surface area contributed by atoms with Crippen molar-refractivity contribution in [1.29, 1.82) is 0 Å². The molecule has 0 saturated carbocycles. The van der Waals surface area contributed by atoms with Crippen molar-refractivity contribution in [2.45, 2.75) is 33.6 Å². The van der Waals surface area contributed by atoms with Gasteiger partial charge in [0.15, 0.2) is 6.61 Å². The maximum absolute atomic E-state index is 11.7. The Balaban J connectivity index is 2.20. The predicted molar refractivity (Wildman–Crippen MR) is 93.7 cm³/mol. The van der Waals surface area contributed by atoms with E-state index in [0.29, 0.717) is 30.5 Å². The quantitative estimate of drug-likeness (QED) is 0.667. The molecule has 0 spiro atoms. The second-order valence-electron chi connectivity index (χ2n) is 5.43. The predicted octanol–water partition coefficient (Wildman–Crippen LogP) is 2.98. The Bertz CT molecular complexity index is 541. The van der Waals surface area contributed by atoms with Gasteiger partial charge in [-0.05, 0) is 43.5 Å². The summed E-state index contributed by atoms with van der Waals surface area (Å²) in [6.45, 7) is 6.70. The number of carbonyl (C=O) groups excluding carboxylic acids is 2. The molecule has 2 N–H and O–H groups in total. The van der Waals surface area contributed by atoms with Crippen LogP contribution in [0, 0.1) is 13.8 Å². The Hall–Kier alpha value is -1.95. The monoisotopic (exact) mass is 356 g/mol. The minimum Gasteiger partial charge on any atom is -0.484 e. The third kappa shape index (κ3) is 7.55. The average Bonchev–Trinajstić information content (AvgIpc) is 2.54. The van der Waals surface area contributed by atoms with Crippen molar-refractivity contribution in [1.82, 2.24) is 10.6 Å². The lowest BCUT2D eigenvalue weighted by Crippen LogP contribution is -2.37. The Morgan fingerprint density at radius 2 is 1.75 bits per heavy atom. The minimum absolute atomic E-state index is 0.0958. The van der Waals surface area contributed by atoms with Crippen molar-refractivity contribution >= 4 is 23.6 Å². The molecule has 24 heavy (non-hydrogen) atoms. The van der Waals surface area contributed by atoms with Crippen LogP contribution in [0.3, 0.4) is 0 Å². The zero-order valence-electron chi connectivity index (χ0n) is 14.4. The van der Waals surface area contributed by atoms with E-state index in [2.05, 4.69) is 10.6 Å². The Morgan fingerprint density at radius 3 is 2.38 bits per heavy atom. The van der Waals surface area contributed by atoms with Gasteiger partial charge in [-0.3, -0.25) is 4.79 Å². The Labute approximate surface area is 147 Å². The number of amides is 2. The molecule has 1 aromatic rings. The largest absolute Gasteiger partial charge is 0.484 e. The lowest BCUT2D eigenvalue weighted by molar-refractivity contribution is -0.123. The van der Waals surface area contributed by atoms with E-state index >= 15 is 0 Å². The molecule has 0 fully saturated rings. The maximum atomic E-state index is 11.7. The van der Waals surface area contributed by atoms with E-state index in [9.17, 15) is 9.59 Å². The average molecular weight is 357 g/mol. The molecule has 7 heteroatoms. The van der Waals surface area contributed by atoms with Crippen molar-refractivity contribution in [3.63, 3.8) is 0 Å². The van der Waals surface area contributed by atoms with Gasteiger partial charge in [0.1, 0.15) is 5.75 Å². The maximum Gasteiger partial charge on any atom is 0.407 e. The van der Waals surface area contributed by atoms with Gasteiger partial charge < -0.3 is 20.1 Å². The standard InChI is InChI=1S/C17H25ClN2O4/c1-4-5-8-23-17(22)20-7-6-19-15(21)11-24-14-9-12(2)16(18)13(3)10-14/h9-10H,4-8,11H2,1-3H3,(H,19,21)(H,20,22). The van der Waals surface area contributed by atoms with Crippen LogP contribution in [0.15, 0.2) is 12.1 Å². The van der Waals surface area contributed by atoms with E-state index < -0.39 is 6.09 Å². The number of hydrogen-bond donors (Lipinski definition) is 2. The summed E-state index contributed by atoms with van der Waals surface area (Å²) in [5.74, 6) is 0.337. The van der Waals surface area contributed by atoms with Crippen LogP contribution < -0.4 is 15.4 Å². The van der Waals surface area contributed by atoms with Crippen molar-refractivity contribution < 1.29 is 19.1 Å². The fourth-order valence-electron chi connectivity index (χ4n) is 1.92. The summed E-state index contributed by atoms with van der Waals surface area (Å²) in [6, 6.07) is 3.58. The smallest absolute Gasteiger partial charge is 0.407 e. The summed E-state index contributed by atoms with van der Waals surface area (Å²) in [6.07, 6.45) is 1.34. The second-order valence-corrected chi connectivity index (χ2v) is 5.80. The van der Waals surface area contributed by atoms with Crippen molar-refractivity contribution in [3.05, 3.63) is 28.3 Å². The highest BCUT2D eigenvalue weighted by Gasteiger charge is 2.07. The number of rotatable bonds is 9. The van der Waals surface area contributed by atoms with Gasteiger partial charge in [-0.15, -0.1) is 0 Å². The third-order valence-electron chi connectivity index (χ3n) is 3.23. The number of carbonyl (C=O) groups is 2. The molecule has 0 atom stereocenters. The molecule has 0 saturated heterocycles. The molecule has 0 aliphatic carbocycles. The zero-order valence-corrected chi connectivity index (χ0v) is 15.2. The van der Waals surface area contributed by atoms with E-state index in [1.54, 1.807) is 12.1 Å². The molecule has 0 aliphatic rings. The molecule has 1 aromatic carbocycles. The van der Waals surface area contributed by atoms with Crippen LogP contribution >= 0.6 is 11.6 Å². The van der Waals surface area contributed by atoms with Crippen molar-refractivity contribution in [3.8, 4) is 5.75 Å². The molecule has 1 rings (SSSR count). The Morgan fingerprint density at radius 1 is 1.12 bits per heavy atom. The molecule has 2 amide bonds. The highest BCUT2D eigenvalue weighted by molar-refractivity contribution is 6.32. The van der Waals surface area contributed by atoms with Gasteiger partial charge >= 0.3 is 6.09 Å². The van der Waals surface area contributed by atoms with Gasteiger partial charge in [-0.2, -0.15) is 0 Å². The first-order chi connectivity index (χ1) is 11.4. The topological polar surface area (TPSA) is 76.7 Å². The zero-order chi connectivity index (χ0) is 17.9. The highest BCUT2D eigenvalue weighted by Crippen LogP contribution is 2.25. The second kappa shape index (κ2) is 10.8. The van der Waals surface area contributed by atoms with Crippen molar-refractivity contribution in [2.75, 3.05) is 26.3 Å². The normalized spacial score (nSPS) is 10.2. The number of aryl methyl sites for hydroxylation is 2. The van der Waals surface area contributed by atoms with Gasteiger partial charge in [0, 0.05) is 18.1 Å². The molecule has 0 aromatic heterocycles. The first-order valence-electron chi connectivity index (χ1n) is 8.01. The van der Waals surface area contributed by atoms with Crippen LogP contribution in [0.1, 0.15) is 30.9 Å². The van der Waals surface area contributed by atoms with Crippen LogP contribution in [0.5, 0.6) is 5.75 Å². The molecule has 6 nitrogen and oxygen atoms in total. The number of benzene rings is 1. The number of ether oxygens (including phenoxy) is 2. The molecule has 0 aliphatic heterocycles. The summed E-state index contributed by atoms with van der Waals surface area (Å²) >= 11 is 6.08. The molecule has 0 bridgehead atoms. The lowest BCUT2D eigenvalue weighted by atomic mass is 10.1. The Kier molecular flexibility index (Phi) is 9.01. The van der Waals surface area contributed by atoms with Crippen molar-refractivity contribution in [2.24, 2.45) is 0 Å². The van der Waals surface area contributed by atoms with Crippen LogP contribution in [0.2, 0.25) is 5.02 Å². The summed E-state index contributed by atoms with van der Waals surface area (Å²) < 4.78 is 10.4. The summed E-state index contributed by atoms with van der Waals surface area (Å²) in [5, 5.41) is 5.91. The van der Waals surface area contributed by atoms with E-state index in [1.165, 1.54) is 0 Å². The first-order valence-corrected chi connectivity index (χ1v) is 8.38. The van der Waals surface area contributed by atoms with Gasteiger partial charge in [0.05, 0.1) is 6.61 Å². The number of unbranched alkanes of at least 4 members (excludes halogenated alkanes) is 1. The SMILES string of the molecule is CCCCOC(=O)NCCNC(=O)COc1cc(C)c(Cl)c(C)c1. The molecular weight excluding hydrogens is 332 g/mol. The fraction of sp³-hybridized carbons (Fsp3) is 0.529. The molecular formula is C17H25ClN2O4. The van der Waals surface area contributed by atoms with E-state index in [0.717, 1.165) is 24.0 Å². The summed E-state index contributed by atoms with van der Waals surface area (Å²) in [4.78, 5) is 23.0. The first kappa shape index (κ1) is 20.1. The van der Waals surface area contributed by atoms with Gasteiger partial charge in [0.25, 0.3) is 5.91 Å². The van der Waals surface area contributed by atoms with Gasteiger partial charge in [0.2, 0.25) is 0 Å². The molecule has 0 radical (unpaired) electrons. The van der Waals surface area contributed by atoms with Crippen LogP contribution in [0.4, 0.5) is 4.79 Å². The number of alkyl carbamates (subject to hydrolysis) is 1. The highest BCUT2D eigenvalue weighted by atomic mass is 35.5. The number of nitrogens with one attached hydrogen (secondary N) is 2. The fourth-order valence-corrected chi connectivity index (χ4v) is 2.03. The number of halogens is 1. The summed E-state index contributed by atoms with van der Waals surface area (Å²) in [5.41, 5.74) is 1.80. The lowest BCUT2D eigenvalue weighted by Gasteiger charge is -2.11. The van der Waals surface area contributed by atoms with Gasteiger partial charge in [-0.25, -0.2) is 4.79 Å². The van der Waals surface area contributed by atoms with Crippen LogP contribution in [-0.4, -0.2) is 38.3 Å². The van der Waals surface area contributed by atoms with Gasteiger partial charge in [-0.1, -0.05) is 24.9 Å². The van der Waals surface area contributed by atoms with E-state index in [1.807, 2.05) is 20.8 Å². The summed E-state index contributed by atoms with van der Waals surface area (Å²) in [7, 11) is 0. The molecule has 134 valence electrons. The van der Waals surface area contributed by atoms with Crippen LogP contribution in [0.25, 0.3) is 0 Å². The third-order valence-corrected chi connectivity index (χ3v) is 3.82. The number of hydrogen-bond acceptors (Lipinski definition) is 4.